The Morgan fingerprint density at radius 3 is 2.00 bits per heavy atom. The molecule has 0 radical (unpaired) electrons. The van der Waals surface area contributed by atoms with Gasteiger partial charge in [0, 0.05) is 13.1 Å². The average Bonchev–Trinajstić information content (AvgIpc) is 2.79. The average molecular weight is 263 g/mol. The van der Waals surface area contributed by atoms with Crippen LogP contribution in [0.25, 0.3) is 0 Å². The van der Waals surface area contributed by atoms with Crippen LogP contribution in [0.15, 0.2) is 0 Å². The molecule has 2 atom stereocenters. The fourth-order valence-electron chi connectivity index (χ4n) is 1.78. The topological polar surface area (TPSA) is 91.7 Å². The summed E-state index contributed by atoms with van der Waals surface area (Å²) in [5, 5.41) is 5.87. The van der Waals surface area contributed by atoms with Gasteiger partial charge in [-0.15, -0.1) is 0 Å². The Kier molecular flexibility index (Phi) is 4.13. The molecule has 0 aliphatic carbocycles. The summed E-state index contributed by atoms with van der Waals surface area (Å²) in [5.74, 6) is -1.92. The summed E-state index contributed by atoms with van der Waals surface area (Å²) < 4.78 is 23.7. The van der Waals surface area contributed by atoms with E-state index in [1.54, 1.807) is 0 Å². The molecule has 0 aromatic rings. The zero-order chi connectivity index (χ0) is 13.2. The second-order valence-corrected chi connectivity index (χ2v) is 6.84. The molecule has 0 aromatic heterocycles. The van der Waals surface area contributed by atoms with E-state index >= 15 is 0 Å². The van der Waals surface area contributed by atoms with E-state index in [4.69, 9.17) is 5.11 Å². The Labute approximate surface area is 101 Å². The van der Waals surface area contributed by atoms with Gasteiger partial charge in [0.1, 0.15) is 5.25 Å². The van der Waals surface area contributed by atoms with Crippen molar-refractivity contribution in [2.75, 3.05) is 13.1 Å². The molecule has 1 aliphatic heterocycles. The number of carboxylic acids is 1. The molecule has 1 saturated heterocycles. The highest BCUT2D eigenvalue weighted by atomic mass is 32.2. The van der Waals surface area contributed by atoms with Crippen molar-refractivity contribution in [3.8, 4) is 0 Å². The van der Waals surface area contributed by atoms with Gasteiger partial charge in [-0.2, -0.15) is 0 Å². The zero-order valence-corrected chi connectivity index (χ0v) is 10.7. The number of carbonyl (C=O) groups excluding carboxylic acids is 1. The van der Waals surface area contributed by atoms with Crippen LogP contribution in [-0.4, -0.2) is 53.9 Å². The summed E-state index contributed by atoms with van der Waals surface area (Å²) in [6.45, 7) is 3.46. The summed E-state index contributed by atoms with van der Waals surface area (Å²) in [6, 6.07) is 0. The van der Waals surface area contributed by atoms with E-state index in [-0.39, 0.29) is 0 Å². The van der Waals surface area contributed by atoms with Crippen molar-refractivity contribution in [3.63, 3.8) is 0 Å². The van der Waals surface area contributed by atoms with Crippen LogP contribution in [-0.2, 0) is 19.4 Å². The van der Waals surface area contributed by atoms with Crippen molar-refractivity contribution in [1.82, 2.24) is 4.90 Å². The minimum Gasteiger partial charge on any atom is -0.480 e. The van der Waals surface area contributed by atoms with Crippen LogP contribution in [0.1, 0.15) is 26.7 Å². The molecule has 1 amide bonds. The van der Waals surface area contributed by atoms with E-state index in [0.29, 0.717) is 13.1 Å². The van der Waals surface area contributed by atoms with Gasteiger partial charge in [-0.05, 0) is 26.7 Å². The number of carboxylic acid groups (broad SMARTS) is 1. The van der Waals surface area contributed by atoms with Crippen molar-refractivity contribution >= 4 is 21.7 Å². The standard InChI is InChI=1S/C10H17NO5S/c1-7(9(12)11-5-3-4-6-11)17(15,16)8(2)10(13)14/h7-8H,3-6H2,1-2H3,(H,13,14). The number of amides is 1. The molecule has 1 aliphatic rings. The number of carbonyl (C=O) groups is 2. The van der Waals surface area contributed by atoms with Crippen molar-refractivity contribution in [2.24, 2.45) is 0 Å². The molecular weight excluding hydrogens is 246 g/mol. The second kappa shape index (κ2) is 5.03. The number of hydrogen-bond acceptors (Lipinski definition) is 4. The molecule has 0 bridgehead atoms. The molecule has 1 N–H and O–H groups in total. The largest absolute Gasteiger partial charge is 0.480 e. The Bertz CT molecular complexity index is 410. The van der Waals surface area contributed by atoms with Crippen LogP contribution in [0.5, 0.6) is 0 Å². The number of aliphatic carboxylic acids is 1. The molecule has 2 unspecified atom stereocenters. The third-order valence-corrected chi connectivity index (χ3v) is 5.47. The summed E-state index contributed by atoms with van der Waals surface area (Å²) in [6.07, 6.45) is 1.74. The van der Waals surface area contributed by atoms with Crippen LogP contribution in [0.4, 0.5) is 0 Å². The number of sulfone groups is 1. The lowest BCUT2D eigenvalue weighted by Crippen LogP contribution is -2.44. The third-order valence-electron chi connectivity index (χ3n) is 3.10. The summed E-state index contributed by atoms with van der Waals surface area (Å²) >= 11 is 0. The van der Waals surface area contributed by atoms with Crippen LogP contribution in [0.3, 0.4) is 0 Å². The first-order valence-corrected chi connectivity index (χ1v) is 7.13. The molecule has 17 heavy (non-hydrogen) atoms. The van der Waals surface area contributed by atoms with Gasteiger partial charge in [0.05, 0.1) is 0 Å². The maximum absolute atomic E-state index is 11.9. The summed E-state index contributed by atoms with van der Waals surface area (Å²) in [7, 11) is -3.97. The number of hydrogen-bond donors (Lipinski definition) is 1. The minimum absolute atomic E-state index is 0.490. The Morgan fingerprint density at radius 1 is 1.12 bits per heavy atom. The molecule has 1 rings (SSSR count). The first-order valence-electron chi connectivity index (χ1n) is 5.52. The predicted octanol–water partition coefficient (Wildman–Crippen LogP) is -0.115. The molecule has 6 nitrogen and oxygen atoms in total. The highest BCUT2D eigenvalue weighted by molar-refractivity contribution is 7.94. The second-order valence-electron chi connectivity index (χ2n) is 4.24. The van der Waals surface area contributed by atoms with Crippen LogP contribution >= 0.6 is 0 Å². The highest BCUT2D eigenvalue weighted by Crippen LogP contribution is 2.16. The quantitative estimate of drug-likeness (QED) is 0.763. The van der Waals surface area contributed by atoms with Crippen molar-refractivity contribution in [3.05, 3.63) is 0 Å². The van der Waals surface area contributed by atoms with Crippen molar-refractivity contribution in [1.29, 1.82) is 0 Å². The fraction of sp³-hybridized carbons (Fsp3) is 0.800. The number of nitrogens with zero attached hydrogens (tertiary/aromatic N) is 1. The third kappa shape index (κ3) is 2.77. The zero-order valence-electron chi connectivity index (χ0n) is 9.92. The smallest absolute Gasteiger partial charge is 0.321 e. The maximum atomic E-state index is 11.9. The Hall–Kier alpha value is -1.11. The molecule has 0 saturated carbocycles. The van der Waals surface area contributed by atoms with E-state index in [0.717, 1.165) is 19.8 Å². The molecule has 0 spiro atoms. The molecule has 1 fully saturated rings. The Morgan fingerprint density at radius 2 is 1.59 bits per heavy atom. The normalized spacial score (nSPS) is 20.0. The van der Waals surface area contributed by atoms with E-state index < -0.39 is 32.2 Å². The van der Waals surface area contributed by atoms with Crippen molar-refractivity contribution < 1.29 is 23.1 Å². The number of likely N-dealkylation sites (tertiary alicyclic amines) is 1. The summed E-state index contributed by atoms with van der Waals surface area (Å²) in [4.78, 5) is 24.0. The van der Waals surface area contributed by atoms with E-state index in [9.17, 15) is 18.0 Å². The number of rotatable bonds is 4. The lowest BCUT2D eigenvalue weighted by atomic mass is 10.4. The van der Waals surface area contributed by atoms with E-state index in [1.165, 1.54) is 11.8 Å². The first-order chi connectivity index (χ1) is 7.78. The maximum Gasteiger partial charge on any atom is 0.321 e. The Balaban J connectivity index is 2.84. The van der Waals surface area contributed by atoms with Gasteiger partial charge in [-0.3, -0.25) is 9.59 Å². The molecule has 1 heterocycles. The van der Waals surface area contributed by atoms with Gasteiger partial charge in [0.2, 0.25) is 5.91 Å². The van der Waals surface area contributed by atoms with Gasteiger partial charge in [0.15, 0.2) is 15.1 Å². The molecule has 98 valence electrons. The summed E-state index contributed by atoms with van der Waals surface area (Å²) in [5.41, 5.74) is 0. The van der Waals surface area contributed by atoms with Crippen molar-refractivity contribution in [2.45, 2.75) is 37.2 Å². The van der Waals surface area contributed by atoms with E-state index in [2.05, 4.69) is 0 Å². The van der Waals surface area contributed by atoms with Gasteiger partial charge in [-0.25, -0.2) is 8.42 Å². The van der Waals surface area contributed by atoms with Crippen LogP contribution in [0.2, 0.25) is 0 Å². The van der Waals surface area contributed by atoms with Gasteiger partial charge in [-0.1, -0.05) is 0 Å². The lowest BCUT2D eigenvalue weighted by Gasteiger charge is -2.21. The first kappa shape index (κ1) is 14.0. The van der Waals surface area contributed by atoms with E-state index in [1.807, 2.05) is 0 Å². The monoisotopic (exact) mass is 263 g/mol. The van der Waals surface area contributed by atoms with Gasteiger partial charge < -0.3 is 10.0 Å². The lowest BCUT2D eigenvalue weighted by molar-refractivity contribution is -0.136. The fourth-order valence-corrected chi connectivity index (χ4v) is 3.11. The highest BCUT2D eigenvalue weighted by Gasteiger charge is 2.39. The SMILES string of the molecule is CC(C(=O)O)S(=O)(=O)C(C)C(=O)N1CCCC1. The predicted molar refractivity (Wildman–Crippen MR) is 61.3 cm³/mol. The minimum atomic E-state index is -3.97. The molecule has 0 aromatic carbocycles. The molecule has 7 heteroatoms. The van der Waals surface area contributed by atoms with Gasteiger partial charge >= 0.3 is 5.97 Å². The molecular formula is C10H17NO5S. The van der Waals surface area contributed by atoms with Crippen LogP contribution in [0, 0.1) is 0 Å². The van der Waals surface area contributed by atoms with Gasteiger partial charge in [0.25, 0.3) is 0 Å². The van der Waals surface area contributed by atoms with Crippen LogP contribution < -0.4 is 0 Å².